The second-order valence-corrected chi connectivity index (χ2v) is 7.95. The Morgan fingerprint density at radius 3 is 2.30 bits per heavy atom. The lowest BCUT2D eigenvalue weighted by Gasteiger charge is -2.35. The zero-order valence-electron chi connectivity index (χ0n) is 16.4. The van der Waals surface area contributed by atoms with Crippen LogP contribution in [0, 0.1) is 0 Å². The van der Waals surface area contributed by atoms with E-state index in [-0.39, 0.29) is 12.1 Å². The van der Waals surface area contributed by atoms with E-state index in [1.807, 2.05) is 32.9 Å². The Morgan fingerprint density at radius 2 is 1.67 bits per heavy atom. The smallest absolute Gasteiger partial charge is 0.410 e. The van der Waals surface area contributed by atoms with Crippen LogP contribution in [0.5, 0.6) is 0 Å². The summed E-state index contributed by atoms with van der Waals surface area (Å²) in [5, 5.41) is 2.99. The van der Waals surface area contributed by atoms with E-state index in [9.17, 15) is 9.59 Å². The Hall–Kier alpha value is -2.51. The highest BCUT2D eigenvalue weighted by molar-refractivity contribution is 5.92. The third-order valence-electron chi connectivity index (χ3n) is 4.65. The van der Waals surface area contributed by atoms with Gasteiger partial charge in [-0.3, -0.25) is 0 Å². The van der Waals surface area contributed by atoms with Crippen molar-refractivity contribution in [1.29, 1.82) is 0 Å². The monoisotopic (exact) mass is 375 g/mol. The number of pyridine rings is 1. The number of ether oxygens (including phenoxy) is 1. The molecule has 148 valence electrons. The standard InChI is InChI=1S/C19H29N5O3/c1-19(2,3)27-18(26)24-13-11-23(12-14-24)17(25)21-15-7-6-8-20-16(15)22-9-4-5-10-22/h6-8H,4-5,9-14H2,1-3H3,(H,21,25). The van der Waals surface area contributed by atoms with Gasteiger partial charge in [0.2, 0.25) is 0 Å². The summed E-state index contributed by atoms with van der Waals surface area (Å²) in [6, 6.07) is 3.55. The second kappa shape index (κ2) is 8.02. The number of nitrogens with one attached hydrogen (secondary N) is 1. The van der Waals surface area contributed by atoms with Gasteiger partial charge in [0.05, 0.1) is 5.69 Å². The van der Waals surface area contributed by atoms with Crippen molar-refractivity contribution in [2.45, 2.75) is 39.2 Å². The third kappa shape index (κ3) is 5.02. The van der Waals surface area contributed by atoms with E-state index in [2.05, 4.69) is 15.2 Å². The fourth-order valence-corrected chi connectivity index (χ4v) is 3.29. The van der Waals surface area contributed by atoms with Gasteiger partial charge in [-0.1, -0.05) is 0 Å². The highest BCUT2D eigenvalue weighted by atomic mass is 16.6. The number of hydrogen-bond acceptors (Lipinski definition) is 5. The average molecular weight is 375 g/mol. The van der Waals surface area contributed by atoms with E-state index in [1.54, 1.807) is 16.0 Å². The van der Waals surface area contributed by atoms with Crippen LogP contribution in [-0.2, 0) is 4.74 Å². The lowest BCUT2D eigenvalue weighted by molar-refractivity contribution is 0.0174. The molecule has 2 fully saturated rings. The first-order valence-electron chi connectivity index (χ1n) is 9.57. The van der Waals surface area contributed by atoms with Gasteiger partial charge in [-0.25, -0.2) is 14.6 Å². The number of carbonyl (C=O) groups excluding carboxylic acids is 2. The number of piperazine rings is 1. The number of hydrogen-bond donors (Lipinski definition) is 1. The average Bonchev–Trinajstić information content (AvgIpc) is 3.15. The van der Waals surface area contributed by atoms with Gasteiger partial charge in [-0.2, -0.15) is 0 Å². The highest BCUT2D eigenvalue weighted by Crippen LogP contribution is 2.26. The minimum absolute atomic E-state index is 0.160. The molecule has 0 aromatic carbocycles. The van der Waals surface area contributed by atoms with Crippen LogP contribution in [0.1, 0.15) is 33.6 Å². The van der Waals surface area contributed by atoms with Crippen molar-refractivity contribution in [3.05, 3.63) is 18.3 Å². The molecular formula is C19H29N5O3. The van der Waals surface area contributed by atoms with Gasteiger partial charge in [0.15, 0.2) is 5.82 Å². The van der Waals surface area contributed by atoms with Gasteiger partial charge in [0.1, 0.15) is 5.60 Å². The molecule has 2 saturated heterocycles. The molecule has 3 amide bonds. The van der Waals surface area contributed by atoms with Gasteiger partial charge in [-0.05, 0) is 45.7 Å². The van der Waals surface area contributed by atoms with Crippen molar-refractivity contribution in [2.24, 2.45) is 0 Å². The van der Waals surface area contributed by atoms with Crippen LogP contribution in [0.4, 0.5) is 21.1 Å². The van der Waals surface area contributed by atoms with Crippen LogP contribution >= 0.6 is 0 Å². The van der Waals surface area contributed by atoms with E-state index in [1.165, 1.54) is 0 Å². The molecule has 8 nitrogen and oxygen atoms in total. The number of urea groups is 1. The van der Waals surface area contributed by atoms with Crippen LogP contribution < -0.4 is 10.2 Å². The van der Waals surface area contributed by atoms with E-state index in [0.29, 0.717) is 26.2 Å². The Kier molecular flexibility index (Phi) is 5.72. The second-order valence-electron chi connectivity index (χ2n) is 7.95. The first-order valence-corrected chi connectivity index (χ1v) is 9.57. The van der Waals surface area contributed by atoms with E-state index < -0.39 is 5.60 Å². The fraction of sp³-hybridized carbons (Fsp3) is 0.632. The maximum Gasteiger partial charge on any atom is 0.410 e. The summed E-state index contributed by atoms with van der Waals surface area (Å²) < 4.78 is 5.40. The molecule has 27 heavy (non-hydrogen) atoms. The molecule has 0 unspecified atom stereocenters. The van der Waals surface area contributed by atoms with Crippen molar-refractivity contribution in [1.82, 2.24) is 14.8 Å². The predicted octanol–water partition coefficient (Wildman–Crippen LogP) is 2.77. The summed E-state index contributed by atoms with van der Waals surface area (Å²) in [4.78, 5) is 34.8. The summed E-state index contributed by atoms with van der Waals surface area (Å²) >= 11 is 0. The topological polar surface area (TPSA) is 78.0 Å². The zero-order chi connectivity index (χ0) is 19.4. The molecule has 8 heteroatoms. The Bertz CT molecular complexity index is 674. The number of anilines is 2. The van der Waals surface area contributed by atoms with Crippen molar-refractivity contribution in [2.75, 3.05) is 49.5 Å². The molecule has 1 aromatic heterocycles. The van der Waals surface area contributed by atoms with Crippen LogP contribution in [0.3, 0.4) is 0 Å². The van der Waals surface area contributed by atoms with E-state index >= 15 is 0 Å². The van der Waals surface area contributed by atoms with Crippen LogP contribution in [0.15, 0.2) is 18.3 Å². The highest BCUT2D eigenvalue weighted by Gasteiger charge is 2.28. The number of aromatic nitrogens is 1. The summed E-state index contributed by atoms with van der Waals surface area (Å²) in [5.41, 5.74) is 0.219. The van der Waals surface area contributed by atoms with Gasteiger partial charge in [0.25, 0.3) is 0 Å². The molecule has 2 aliphatic rings. The SMILES string of the molecule is CC(C)(C)OC(=O)N1CCN(C(=O)Nc2cccnc2N2CCCC2)CC1. The van der Waals surface area contributed by atoms with Crippen molar-refractivity contribution >= 4 is 23.6 Å². The molecule has 0 atom stereocenters. The molecular weight excluding hydrogens is 346 g/mol. The van der Waals surface area contributed by atoms with E-state index in [4.69, 9.17) is 4.74 Å². The third-order valence-corrected chi connectivity index (χ3v) is 4.65. The normalized spacial score (nSPS) is 17.8. The number of rotatable bonds is 2. The summed E-state index contributed by atoms with van der Waals surface area (Å²) in [7, 11) is 0. The zero-order valence-corrected chi connectivity index (χ0v) is 16.4. The molecule has 3 rings (SSSR count). The predicted molar refractivity (Wildman–Crippen MR) is 104 cm³/mol. The molecule has 0 aliphatic carbocycles. The largest absolute Gasteiger partial charge is 0.444 e. The number of carbonyl (C=O) groups is 2. The van der Waals surface area contributed by atoms with Gasteiger partial charge < -0.3 is 24.8 Å². The van der Waals surface area contributed by atoms with Crippen molar-refractivity contribution in [3.63, 3.8) is 0 Å². The van der Waals surface area contributed by atoms with E-state index in [0.717, 1.165) is 37.4 Å². The summed E-state index contributed by atoms with van der Waals surface area (Å²) in [6.07, 6.45) is 3.72. The Labute approximate surface area is 160 Å². The minimum Gasteiger partial charge on any atom is -0.444 e. The quantitative estimate of drug-likeness (QED) is 0.860. The van der Waals surface area contributed by atoms with Crippen molar-refractivity contribution in [3.8, 4) is 0 Å². The van der Waals surface area contributed by atoms with Crippen LogP contribution in [-0.4, -0.2) is 71.8 Å². The first kappa shape index (κ1) is 19.3. The molecule has 0 saturated carbocycles. The Balaban J connectivity index is 1.55. The summed E-state index contributed by atoms with van der Waals surface area (Å²) in [6.45, 7) is 9.36. The van der Waals surface area contributed by atoms with Crippen LogP contribution in [0.2, 0.25) is 0 Å². The molecule has 0 bridgehead atoms. The fourth-order valence-electron chi connectivity index (χ4n) is 3.29. The number of amides is 3. The molecule has 1 aromatic rings. The maximum absolute atomic E-state index is 12.7. The van der Waals surface area contributed by atoms with Crippen LogP contribution in [0.25, 0.3) is 0 Å². The first-order chi connectivity index (χ1) is 12.8. The number of nitrogens with zero attached hydrogens (tertiary/aromatic N) is 4. The van der Waals surface area contributed by atoms with Gasteiger partial charge in [0, 0.05) is 45.5 Å². The summed E-state index contributed by atoms with van der Waals surface area (Å²) in [5.74, 6) is 0.829. The van der Waals surface area contributed by atoms with Gasteiger partial charge >= 0.3 is 12.1 Å². The molecule has 1 N–H and O–H groups in total. The van der Waals surface area contributed by atoms with Crippen molar-refractivity contribution < 1.29 is 14.3 Å². The molecule has 0 spiro atoms. The molecule has 0 radical (unpaired) electrons. The van der Waals surface area contributed by atoms with Gasteiger partial charge in [-0.15, -0.1) is 0 Å². The lowest BCUT2D eigenvalue weighted by Crippen LogP contribution is -2.52. The maximum atomic E-state index is 12.7. The Morgan fingerprint density at radius 1 is 1.04 bits per heavy atom. The lowest BCUT2D eigenvalue weighted by atomic mass is 10.2. The molecule has 3 heterocycles. The minimum atomic E-state index is -0.516. The molecule has 2 aliphatic heterocycles.